The molecule has 4 heteroatoms. The van der Waals surface area contributed by atoms with Gasteiger partial charge in [-0.25, -0.2) is 0 Å². The van der Waals surface area contributed by atoms with Gasteiger partial charge in [0.25, 0.3) is 0 Å². The molecule has 0 radical (unpaired) electrons. The predicted octanol–water partition coefficient (Wildman–Crippen LogP) is 0.313. The van der Waals surface area contributed by atoms with E-state index in [0.29, 0.717) is 25.2 Å². The Morgan fingerprint density at radius 2 is 2.00 bits per heavy atom. The molecule has 0 saturated carbocycles. The van der Waals surface area contributed by atoms with E-state index in [1.165, 1.54) is 12.8 Å². The van der Waals surface area contributed by atoms with Crippen LogP contribution >= 0.6 is 0 Å². The smallest absolute Gasteiger partial charge is 0.171 e. The van der Waals surface area contributed by atoms with Crippen LogP contribution in [0.3, 0.4) is 0 Å². The third-order valence-electron chi connectivity index (χ3n) is 4.25. The second-order valence-electron chi connectivity index (χ2n) is 5.16. The lowest BCUT2D eigenvalue weighted by atomic mass is 9.97. The van der Waals surface area contributed by atoms with Crippen molar-refractivity contribution in [2.45, 2.75) is 49.7 Å². The Hall–Kier alpha value is -0.160. The summed E-state index contributed by atoms with van der Waals surface area (Å²) in [6.45, 7) is 1.26. The van der Waals surface area contributed by atoms with E-state index >= 15 is 0 Å². The molecule has 86 valence electrons. The maximum Gasteiger partial charge on any atom is 0.171 e. The topological polar surface area (TPSA) is 47.7 Å². The second kappa shape index (κ2) is 3.42. The number of hydrogen-bond donors (Lipinski definition) is 1. The maximum atomic E-state index is 5.99. The van der Waals surface area contributed by atoms with Crippen molar-refractivity contribution in [3.05, 3.63) is 0 Å². The van der Waals surface area contributed by atoms with Crippen molar-refractivity contribution in [1.82, 2.24) is 4.90 Å². The minimum Gasteiger partial charge on any atom is -0.347 e. The van der Waals surface area contributed by atoms with E-state index in [1.807, 2.05) is 0 Å². The van der Waals surface area contributed by atoms with Crippen LogP contribution < -0.4 is 5.73 Å². The number of piperidine rings is 1. The van der Waals surface area contributed by atoms with E-state index in [2.05, 4.69) is 11.9 Å². The van der Waals surface area contributed by atoms with Crippen LogP contribution in [0.4, 0.5) is 0 Å². The van der Waals surface area contributed by atoms with Crippen molar-refractivity contribution in [2.24, 2.45) is 5.73 Å². The van der Waals surface area contributed by atoms with Crippen LogP contribution in [0.15, 0.2) is 0 Å². The van der Waals surface area contributed by atoms with Crippen LogP contribution in [0.1, 0.15) is 25.7 Å². The summed E-state index contributed by atoms with van der Waals surface area (Å²) in [4.78, 5) is 2.49. The summed E-state index contributed by atoms with van der Waals surface area (Å²) in [5, 5.41) is 0. The minimum atomic E-state index is -0.289. The molecule has 3 fully saturated rings. The number of fused-ring (bicyclic) bond motifs is 2. The first-order valence-corrected chi connectivity index (χ1v) is 5.96. The van der Waals surface area contributed by atoms with Crippen molar-refractivity contribution in [3.8, 4) is 0 Å². The molecule has 2 N–H and O–H groups in total. The zero-order chi connectivity index (χ0) is 10.5. The molecule has 0 aromatic carbocycles. The highest BCUT2D eigenvalue weighted by molar-refractivity contribution is 4.99. The molecule has 0 aromatic rings. The fraction of sp³-hybridized carbons (Fsp3) is 1.00. The third kappa shape index (κ3) is 1.51. The number of rotatable bonds is 1. The molecule has 3 rings (SSSR count). The van der Waals surface area contributed by atoms with Crippen molar-refractivity contribution >= 4 is 0 Å². The number of hydrogen-bond acceptors (Lipinski definition) is 4. The van der Waals surface area contributed by atoms with E-state index in [1.54, 1.807) is 0 Å². The van der Waals surface area contributed by atoms with Crippen molar-refractivity contribution < 1.29 is 9.47 Å². The fourth-order valence-corrected chi connectivity index (χ4v) is 3.33. The highest BCUT2D eigenvalue weighted by atomic mass is 16.7. The summed E-state index contributed by atoms with van der Waals surface area (Å²) in [5.74, 6) is -0.289. The van der Waals surface area contributed by atoms with Gasteiger partial charge in [-0.1, -0.05) is 0 Å². The van der Waals surface area contributed by atoms with E-state index in [4.69, 9.17) is 15.2 Å². The molecule has 3 aliphatic heterocycles. The van der Waals surface area contributed by atoms with Gasteiger partial charge in [-0.3, -0.25) is 0 Å². The molecule has 0 aliphatic carbocycles. The Balaban J connectivity index is 1.74. The molecular formula is C11H20N2O2. The standard InChI is InChI=1S/C11H20N2O2/c1-13-8-2-3-9(13)5-11(4-8)14-7-10(6-12)15-11/h8-10H,2-7,12H2,1H3. The number of nitrogens with zero attached hydrogens (tertiary/aromatic N) is 1. The number of ether oxygens (including phenoxy) is 2. The van der Waals surface area contributed by atoms with Gasteiger partial charge in [0.2, 0.25) is 0 Å². The van der Waals surface area contributed by atoms with Crippen LogP contribution in [0, 0.1) is 0 Å². The van der Waals surface area contributed by atoms with Crippen LogP contribution in [0.5, 0.6) is 0 Å². The van der Waals surface area contributed by atoms with Crippen LogP contribution in [-0.2, 0) is 9.47 Å². The Kier molecular flexibility index (Phi) is 2.28. The van der Waals surface area contributed by atoms with Gasteiger partial charge in [-0.15, -0.1) is 0 Å². The van der Waals surface area contributed by atoms with Gasteiger partial charge in [0.15, 0.2) is 5.79 Å². The molecule has 15 heavy (non-hydrogen) atoms. The van der Waals surface area contributed by atoms with E-state index in [-0.39, 0.29) is 11.9 Å². The van der Waals surface area contributed by atoms with Gasteiger partial charge in [-0.2, -0.15) is 0 Å². The SMILES string of the molecule is CN1C2CCC1CC1(C2)OCC(CN)O1. The second-order valence-corrected chi connectivity index (χ2v) is 5.16. The van der Waals surface area contributed by atoms with Crippen LogP contribution in [-0.4, -0.2) is 49.1 Å². The summed E-state index contributed by atoms with van der Waals surface area (Å²) < 4.78 is 11.9. The van der Waals surface area contributed by atoms with Crippen molar-refractivity contribution in [3.63, 3.8) is 0 Å². The first kappa shape index (κ1) is 10.0. The minimum absolute atomic E-state index is 0.118. The first-order valence-electron chi connectivity index (χ1n) is 5.96. The summed E-state index contributed by atoms with van der Waals surface area (Å²) >= 11 is 0. The maximum absolute atomic E-state index is 5.99. The summed E-state index contributed by atoms with van der Waals surface area (Å²) in [6.07, 6.45) is 4.76. The van der Waals surface area contributed by atoms with Crippen LogP contribution in [0.2, 0.25) is 0 Å². The lowest BCUT2D eigenvalue weighted by molar-refractivity contribution is -0.205. The van der Waals surface area contributed by atoms with Crippen LogP contribution in [0.25, 0.3) is 0 Å². The molecule has 0 aromatic heterocycles. The molecule has 1 spiro atoms. The van der Waals surface area contributed by atoms with Crippen molar-refractivity contribution in [1.29, 1.82) is 0 Å². The molecule has 3 saturated heterocycles. The van der Waals surface area contributed by atoms with Gasteiger partial charge in [0.1, 0.15) is 0 Å². The summed E-state index contributed by atoms with van der Waals surface area (Å²) in [7, 11) is 2.23. The van der Waals surface area contributed by atoms with E-state index in [9.17, 15) is 0 Å². The lowest BCUT2D eigenvalue weighted by Gasteiger charge is -2.41. The monoisotopic (exact) mass is 212 g/mol. The normalized spacial score (nSPS) is 50.4. The molecule has 3 atom stereocenters. The lowest BCUT2D eigenvalue weighted by Crippen LogP contribution is -2.50. The van der Waals surface area contributed by atoms with E-state index < -0.39 is 0 Å². The van der Waals surface area contributed by atoms with Gasteiger partial charge in [0.05, 0.1) is 12.7 Å². The van der Waals surface area contributed by atoms with Gasteiger partial charge >= 0.3 is 0 Å². The third-order valence-corrected chi connectivity index (χ3v) is 4.25. The highest BCUT2D eigenvalue weighted by Crippen LogP contribution is 2.44. The molecule has 3 unspecified atom stereocenters. The Morgan fingerprint density at radius 3 is 2.53 bits per heavy atom. The number of nitrogens with two attached hydrogens (primary N) is 1. The quantitative estimate of drug-likeness (QED) is 0.680. The Bertz CT molecular complexity index is 245. The molecule has 3 aliphatic rings. The molecule has 4 nitrogen and oxygen atoms in total. The van der Waals surface area contributed by atoms with Gasteiger partial charge in [-0.05, 0) is 19.9 Å². The zero-order valence-corrected chi connectivity index (χ0v) is 9.32. The van der Waals surface area contributed by atoms with Gasteiger partial charge < -0.3 is 20.1 Å². The first-order chi connectivity index (χ1) is 7.22. The molecule has 2 bridgehead atoms. The Labute approximate surface area is 90.7 Å². The predicted molar refractivity (Wildman–Crippen MR) is 56.4 cm³/mol. The molecule has 0 amide bonds. The Morgan fingerprint density at radius 1 is 1.33 bits per heavy atom. The summed E-state index contributed by atoms with van der Waals surface area (Å²) in [5.41, 5.74) is 5.62. The largest absolute Gasteiger partial charge is 0.347 e. The highest BCUT2D eigenvalue weighted by Gasteiger charge is 2.52. The molecular weight excluding hydrogens is 192 g/mol. The van der Waals surface area contributed by atoms with E-state index in [0.717, 1.165) is 12.8 Å². The van der Waals surface area contributed by atoms with Crippen molar-refractivity contribution in [2.75, 3.05) is 20.2 Å². The average molecular weight is 212 g/mol. The molecule has 3 heterocycles. The summed E-state index contributed by atoms with van der Waals surface area (Å²) in [6, 6.07) is 1.31. The fourth-order valence-electron chi connectivity index (χ4n) is 3.33. The zero-order valence-electron chi connectivity index (χ0n) is 9.32. The van der Waals surface area contributed by atoms with Gasteiger partial charge in [0, 0.05) is 31.5 Å². The average Bonchev–Trinajstić information content (AvgIpc) is 2.69.